The standard InChI is InChI=1S/C21H28N2O4S/c1-6-23(7-2)28(25,26)19-13-11-18(12-14-19)22-21(24)17(5)27-20-15(3)9-8-10-16(20)4/h8-14,17H,6-7H2,1-5H3,(H,22,24). The van der Waals surface area contributed by atoms with Crippen LogP contribution in [0, 0.1) is 13.8 Å². The normalized spacial score (nSPS) is 12.6. The first-order chi connectivity index (χ1) is 13.2. The number of para-hydroxylation sites is 1. The summed E-state index contributed by atoms with van der Waals surface area (Å²) in [6.45, 7) is 9.96. The summed E-state index contributed by atoms with van der Waals surface area (Å²) in [4.78, 5) is 12.7. The number of aryl methyl sites for hydroxylation is 2. The summed E-state index contributed by atoms with van der Waals surface area (Å²) in [6, 6.07) is 12.0. The van der Waals surface area contributed by atoms with Crippen molar-refractivity contribution in [3.05, 3.63) is 53.6 Å². The van der Waals surface area contributed by atoms with Crippen molar-refractivity contribution in [3.8, 4) is 5.75 Å². The highest BCUT2D eigenvalue weighted by atomic mass is 32.2. The molecule has 0 aliphatic carbocycles. The second kappa shape index (κ2) is 9.21. The SMILES string of the molecule is CCN(CC)S(=O)(=O)c1ccc(NC(=O)C(C)Oc2c(C)cccc2C)cc1. The van der Waals surface area contributed by atoms with Gasteiger partial charge in [-0.05, 0) is 56.2 Å². The summed E-state index contributed by atoms with van der Waals surface area (Å²) in [7, 11) is -3.52. The molecule has 1 atom stereocenters. The highest BCUT2D eigenvalue weighted by Crippen LogP contribution is 2.24. The van der Waals surface area contributed by atoms with Crippen molar-refractivity contribution in [1.82, 2.24) is 4.31 Å². The van der Waals surface area contributed by atoms with E-state index in [9.17, 15) is 13.2 Å². The molecule has 0 saturated carbocycles. The fourth-order valence-electron chi connectivity index (χ4n) is 2.88. The highest BCUT2D eigenvalue weighted by Gasteiger charge is 2.22. The molecule has 6 nitrogen and oxygen atoms in total. The Morgan fingerprint density at radius 2 is 1.57 bits per heavy atom. The third kappa shape index (κ3) is 4.91. The van der Waals surface area contributed by atoms with Crippen LogP contribution in [0.4, 0.5) is 5.69 Å². The number of amides is 1. The summed E-state index contributed by atoms with van der Waals surface area (Å²) >= 11 is 0. The average molecular weight is 405 g/mol. The zero-order valence-electron chi connectivity index (χ0n) is 17.0. The quantitative estimate of drug-likeness (QED) is 0.727. The number of carbonyl (C=O) groups excluding carboxylic acids is 1. The Morgan fingerprint density at radius 1 is 1.04 bits per heavy atom. The molecule has 152 valence electrons. The van der Waals surface area contributed by atoms with Gasteiger partial charge in [-0.2, -0.15) is 4.31 Å². The van der Waals surface area contributed by atoms with Gasteiger partial charge in [0.15, 0.2) is 6.10 Å². The van der Waals surface area contributed by atoms with Crippen molar-refractivity contribution in [1.29, 1.82) is 0 Å². The monoisotopic (exact) mass is 404 g/mol. The van der Waals surface area contributed by atoms with E-state index in [0.717, 1.165) is 11.1 Å². The second-order valence-electron chi connectivity index (χ2n) is 6.58. The van der Waals surface area contributed by atoms with Crippen molar-refractivity contribution in [2.45, 2.75) is 45.6 Å². The van der Waals surface area contributed by atoms with Crippen molar-refractivity contribution in [3.63, 3.8) is 0 Å². The molecule has 0 fully saturated rings. The van der Waals surface area contributed by atoms with Crippen LogP contribution < -0.4 is 10.1 Å². The predicted octanol–water partition coefficient (Wildman–Crippen LogP) is 3.74. The molecule has 2 aromatic carbocycles. The number of hydrogen-bond acceptors (Lipinski definition) is 4. The molecule has 2 rings (SSSR count). The number of rotatable bonds is 8. The number of hydrogen-bond donors (Lipinski definition) is 1. The predicted molar refractivity (Wildman–Crippen MR) is 111 cm³/mol. The van der Waals surface area contributed by atoms with Crippen LogP contribution in [0.1, 0.15) is 31.9 Å². The number of carbonyl (C=O) groups is 1. The smallest absolute Gasteiger partial charge is 0.265 e. The first kappa shape index (κ1) is 21.9. The maximum atomic E-state index is 12.5. The number of ether oxygens (including phenoxy) is 1. The molecule has 1 unspecified atom stereocenters. The average Bonchev–Trinajstić information content (AvgIpc) is 2.66. The first-order valence-electron chi connectivity index (χ1n) is 9.34. The van der Waals surface area contributed by atoms with E-state index in [1.165, 1.54) is 16.4 Å². The maximum absolute atomic E-state index is 12.5. The number of nitrogens with zero attached hydrogens (tertiary/aromatic N) is 1. The van der Waals surface area contributed by atoms with Gasteiger partial charge in [0.2, 0.25) is 10.0 Å². The lowest BCUT2D eigenvalue weighted by Crippen LogP contribution is -2.31. The molecule has 0 heterocycles. The number of sulfonamides is 1. The Hall–Kier alpha value is -2.38. The Labute approximate surface area is 167 Å². The van der Waals surface area contributed by atoms with E-state index in [1.807, 2.05) is 32.0 Å². The van der Waals surface area contributed by atoms with Crippen LogP contribution in [-0.4, -0.2) is 37.8 Å². The zero-order valence-corrected chi connectivity index (χ0v) is 17.8. The summed E-state index contributed by atoms with van der Waals surface area (Å²) in [5.41, 5.74) is 2.44. The van der Waals surface area contributed by atoms with E-state index in [1.54, 1.807) is 32.9 Å². The van der Waals surface area contributed by atoms with Crippen LogP contribution in [-0.2, 0) is 14.8 Å². The molecule has 0 radical (unpaired) electrons. The number of nitrogens with one attached hydrogen (secondary N) is 1. The fourth-order valence-corrected chi connectivity index (χ4v) is 4.34. The largest absolute Gasteiger partial charge is 0.480 e. The van der Waals surface area contributed by atoms with Gasteiger partial charge >= 0.3 is 0 Å². The van der Waals surface area contributed by atoms with E-state index in [-0.39, 0.29) is 10.8 Å². The van der Waals surface area contributed by atoms with E-state index >= 15 is 0 Å². The topological polar surface area (TPSA) is 75.7 Å². The lowest BCUT2D eigenvalue weighted by Gasteiger charge is -2.19. The molecule has 0 bridgehead atoms. The van der Waals surface area contributed by atoms with Gasteiger partial charge < -0.3 is 10.1 Å². The van der Waals surface area contributed by atoms with Gasteiger partial charge in [-0.3, -0.25) is 4.79 Å². The van der Waals surface area contributed by atoms with Gasteiger partial charge in [0, 0.05) is 18.8 Å². The lowest BCUT2D eigenvalue weighted by molar-refractivity contribution is -0.122. The van der Waals surface area contributed by atoms with E-state index < -0.39 is 16.1 Å². The Morgan fingerprint density at radius 3 is 2.07 bits per heavy atom. The van der Waals surface area contributed by atoms with Crippen molar-refractivity contribution in [2.24, 2.45) is 0 Å². The van der Waals surface area contributed by atoms with E-state index in [4.69, 9.17) is 4.74 Å². The molecule has 1 amide bonds. The zero-order chi connectivity index (χ0) is 20.9. The van der Waals surface area contributed by atoms with Crippen LogP contribution in [0.15, 0.2) is 47.4 Å². The van der Waals surface area contributed by atoms with Crippen LogP contribution in [0.2, 0.25) is 0 Å². The van der Waals surface area contributed by atoms with Crippen molar-refractivity contribution >= 4 is 21.6 Å². The summed E-state index contributed by atoms with van der Waals surface area (Å²) in [6.07, 6.45) is -0.695. The third-order valence-electron chi connectivity index (χ3n) is 4.54. The minimum atomic E-state index is -3.52. The van der Waals surface area contributed by atoms with Crippen LogP contribution in [0.3, 0.4) is 0 Å². The summed E-state index contributed by atoms with van der Waals surface area (Å²) < 4.78 is 32.3. The number of anilines is 1. The molecule has 0 aliphatic rings. The molecular formula is C21H28N2O4S. The van der Waals surface area contributed by atoms with Gasteiger partial charge in [-0.15, -0.1) is 0 Å². The maximum Gasteiger partial charge on any atom is 0.265 e. The van der Waals surface area contributed by atoms with Crippen LogP contribution in [0.25, 0.3) is 0 Å². The van der Waals surface area contributed by atoms with E-state index in [2.05, 4.69) is 5.32 Å². The molecule has 2 aromatic rings. The second-order valence-corrected chi connectivity index (χ2v) is 8.52. The summed E-state index contributed by atoms with van der Waals surface area (Å²) in [5.74, 6) is 0.396. The fraction of sp³-hybridized carbons (Fsp3) is 0.381. The lowest BCUT2D eigenvalue weighted by atomic mass is 10.1. The molecule has 0 aliphatic heterocycles. The third-order valence-corrected chi connectivity index (χ3v) is 6.60. The Bertz CT molecular complexity index is 900. The molecule has 0 spiro atoms. The number of benzene rings is 2. The minimum absolute atomic E-state index is 0.203. The van der Waals surface area contributed by atoms with Gasteiger partial charge in [0.25, 0.3) is 5.91 Å². The highest BCUT2D eigenvalue weighted by molar-refractivity contribution is 7.89. The molecule has 0 saturated heterocycles. The molecule has 0 aromatic heterocycles. The van der Waals surface area contributed by atoms with Crippen LogP contribution >= 0.6 is 0 Å². The Kier molecular flexibility index (Phi) is 7.21. The van der Waals surface area contributed by atoms with Gasteiger partial charge in [-0.25, -0.2) is 8.42 Å². The Balaban J connectivity index is 2.08. The van der Waals surface area contributed by atoms with Gasteiger partial charge in [-0.1, -0.05) is 32.0 Å². The van der Waals surface area contributed by atoms with Gasteiger partial charge in [0.05, 0.1) is 4.90 Å². The molecule has 28 heavy (non-hydrogen) atoms. The minimum Gasteiger partial charge on any atom is -0.480 e. The van der Waals surface area contributed by atoms with Crippen molar-refractivity contribution < 1.29 is 17.9 Å². The van der Waals surface area contributed by atoms with Crippen LogP contribution in [0.5, 0.6) is 5.75 Å². The van der Waals surface area contributed by atoms with E-state index in [0.29, 0.717) is 24.5 Å². The molecule has 7 heteroatoms. The first-order valence-corrected chi connectivity index (χ1v) is 10.8. The van der Waals surface area contributed by atoms with Gasteiger partial charge in [0.1, 0.15) is 5.75 Å². The molecular weight excluding hydrogens is 376 g/mol. The molecule has 1 N–H and O–H groups in total. The summed E-state index contributed by atoms with van der Waals surface area (Å²) in [5, 5.41) is 2.76. The van der Waals surface area contributed by atoms with Crippen molar-refractivity contribution in [2.75, 3.05) is 18.4 Å².